The number of anilines is 1. The van der Waals surface area contributed by atoms with Crippen LogP contribution in [0.4, 0.5) is 5.95 Å². The second kappa shape index (κ2) is 7.97. The number of aromatic nitrogens is 2. The molecule has 29 heavy (non-hydrogen) atoms. The molecule has 2 aromatic heterocycles. The Balaban J connectivity index is 1.87. The first-order chi connectivity index (χ1) is 14.0. The molecular formula is C20H17BrN4O3S. The summed E-state index contributed by atoms with van der Waals surface area (Å²) in [4.78, 5) is 31.5. The first kappa shape index (κ1) is 19.6. The highest BCUT2D eigenvalue weighted by Gasteiger charge is 2.29. The fraction of sp³-hybridized carbons (Fsp3) is 0.300. The standard InChI is InChI=1S/C20H17BrN4O3S/c21-15-11-29-17-16(15)23-20(24-7-3-6-14(9-24)19(27)28)25(18(17)26)10-13-5-2-1-4-12(13)8-22/h1-2,4-5,11,14H,3,6-7,9-10H2,(H,27,28). The van der Waals surface area contributed by atoms with Gasteiger partial charge < -0.3 is 10.0 Å². The number of carbonyl (C=O) groups is 1. The molecule has 1 saturated heterocycles. The van der Waals surface area contributed by atoms with Gasteiger partial charge in [-0.1, -0.05) is 18.2 Å². The maximum atomic E-state index is 13.3. The highest BCUT2D eigenvalue weighted by atomic mass is 79.9. The minimum absolute atomic E-state index is 0.189. The number of piperidine rings is 1. The van der Waals surface area contributed by atoms with Gasteiger partial charge in [0.15, 0.2) is 0 Å². The number of aliphatic carboxylic acids is 1. The van der Waals surface area contributed by atoms with Crippen molar-refractivity contribution < 1.29 is 9.90 Å². The van der Waals surface area contributed by atoms with Crippen LogP contribution in [-0.4, -0.2) is 33.7 Å². The van der Waals surface area contributed by atoms with E-state index in [2.05, 4.69) is 22.0 Å². The number of hydrogen-bond donors (Lipinski definition) is 1. The molecule has 7 nitrogen and oxygen atoms in total. The molecule has 1 fully saturated rings. The van der Waals surface area contributed by atoms with Gasteiger partial charge in [0.1, 0.15) is 10.2 Å². The summed E-state index contributed by atoms with van der Waals surface area (Å²) in [5, 5.41) is 20.7. The third kappa shape index (κ3) is 3.66. The van der Waals surface area contributed by atoms with E-state index in [0.29, 0.717) is 47.7 Å². The second-order valence-electron chi connectivity index (χ2n) is 6.96. The average Bonchev–Trinajstić information content (AvgIpc) is 3.11. The number of nitriles is 1. The van der Waals surface area contributed by atoms with Crippen LogP contribution in [0.25, 0.3) is 10.2 Å². The Bertz CT molecular complexity index is 1200. The molecule has 1 aromatic carbocycles. The summed E-state index contributed by atoms with van der Waals surface area (Å²) >= 11 is 4.77. The van der Waals surface area contributed by atoms with Crippen LogP contribution in [0.15, 0.2) is 38.9 Å². The van der Waals surface area contributed by atoms with Crippen molar-refractivity contribution in [1.29, 1.82) is 5.26 Å². The summed E-state index contributed by atoms with van der Waals surface area (Å²) in [7, 11) is 0. The normalized spacial score (nSPS) is 16.7. The highest BCUT2D eigenvalue weighted by molar-refractivity contribution is 9.10. The SMILES string of the molecule is N#Cc1ccccc1Cn1c(N2CCCC(C(=O)O)C2)nc2c(Br)csc2c1=O. The van der Waals surface area contributed by atoms with Crippen LogP contribution in [0.2, 0.25) is 0 Å². The van der Waals surface area contributed by atoms with Crippen LogP contribution in [0.5, 0.6) is 0 Å². The third-order valence-corrected chi connectivity index (χ3v) is 7.00. The quantitative estimate of drug-likeness (QED) is 0.624. The molecule has 0 amide bonds. The Kier molecular flexibility index (Phi) is 5.39. The van der Waals surface area contributed by atoms with E-state index in [9.17, 15) is 20.0 Å². The van der Waals surface area contributed by atoms with E-state index < -0.39 is 11.9 Å². The lowest BCUT2D eigenvalue weighted by Gasteiger charge is -2.33. The first-order valence-electron chi connectivity index (χ1n) is 9.13. The molecule has 0 radical (unpaired) electrons. The highest BCUT2D eigenvalue weighted by Crippen LogP contribution is 2.30. The smallest absolute Gasteiger partial charge is 0.308 e. The van der Waals surface area contributed by atoms with Gasteiger partial charge in [0.05, 0.1) is 28.6 Å². The number of fused-ring (bicyclic) bond motifs is 1. The predicted octanol–water partition coefficient (Wildman–Crippen LogP) is 3.44. The molecule has 9 heteroatoms. The number of benzene rings is 1. The number of hydrogen-bond acceptors (Lipinski definition) is 6. The zero-order chi connectivity index (χ0) is 20.5. The zero-order valence-electron chi connectivity index (χ0n) is 15.3. The Morgan fingerprint density at radius 1 is 1.41 bits per heavy atom. The maximum absolute atomic E-state index is 13.3. The van der Waals surface area contributed by atoms with E-state index in [-0.39, 0.29) is 12.1 Å². The van der Waals surface area contributed by atoms with Crippen LogP contribution in [0.1, 0.15) is 24.0 Å². The van der Waals surface area contributed by atoms with Gasteiger partial charge in [-0.25, -0.2) is 4.98 Å². The summed E-state index contributed by atoms with van der Waals surface area (Å²) in [6, 6.07) is 9.31. The van der Waals surface area contributed by atoms with E-state index >= 15 is 0 Å². The summed E-state index contributed by atoms with van der Waals surface area (Å²) in [6.45, 7) is 1.13. The molecule has 1 unspecified atom stereocenters. The van der Waals surface area contributed by atoms with Crippen molar-refractivity contribution in [3.63, 3.8) is 0 Å². The summed E-state index contributed by atoms with van der Waals surface area (Å²) in [6.07, 6.45) is 1.32. The van der Waals surface area contributed by atoms with Gasteiger partial charge in [-0.3, -0.25) is 14.2 Å². The van der Waals surface area contributed by atoms with Crippen LogP contribution in [0.3, 0.4) is 0 Å². The Labute approximate surface area is 179 Å². The van der Waals surface area contributed by atoms with Gasteiger partial charge >= 0.3 is 5.97 Å². The molecule has 1 aliphatic rings. The molecule has 0 aliphatic carbocycles. The van der Waals surface area contributed by atoms with E-state index in [4.69, 9.17) is 4.98 Å². The summed E-state index contributed by atoms with van der Waals surface area (Å²) in [5.41, 5.74) is 1.62. The second-order valence-corrected chi connectivity index (χ2v) is 8.69. The van der Waals surface area contributed by atoms with Gasteiger partial charge in [-0.15, -0.1) is 11.3 Å². The summed E-state index contributed by atoms with van der Waals surface area (Å²) < 4.78 is 2.83. The Morgan fingerprint density at radius 2 is 2.21 bits per heavy atom. The fourth-order valence-corrected chi connectivity index (χ4v) is 5.15. The van der Waals surface area contributed by atoms with Crippen molar-refractivity contribution in [2.45, 2.75) is 19.4 Å². The van der Waals surface area contributed by atoms with Gasteiger partial charge in [-0.2, -0.15) is 5.26 Å². The van der Waals surface area contributed by atoms with Gasteiger partial charge in [0.2, 0.25) is 5.95 Å². The van der Waals surface area contributed by atoms with E-state index in [1.807, 2.05) is 22.4 Å². The van der Waals surface area contributed by atoms with Crippen molar-refractivity contribution in [2.75, 3.05) is 18.0 Å². The lowest BCUT2D eigenvalue weighted by atomic mass is 9.98. The topological polar surface area (TPSA) is 99.2 Å². The van der Waals surface area contributed by atoms with Crippen molar-refractivity contribution in [2.24, 2.45) is 5.92 Å². The van der Waals surface area contributed by atoms with Crippen LogP contribution >= 0.6 is 27.3 Å². The van der Waals surface area contributed by atoms with E-state index in [0.717, 1.165) is 10.0 Å². The van der Waals surface area contributed by atoms with E-state index in [1.54, 1.807) is 16.7 Å². The molecular weight excluding hydrogens is 456 g/mol. The molecule has 3 aromatic rings. The van der Waals surface area contributed by atoms with Crippen LogP contribution < -0.4 is 10.5 Å². The lowest BCUT2D eigenvalue weighted by Crippen LogP contribution is -2.42. The van der Waals surface area contributed by atoms with Crippen LogP contribution in [-0.2, 0) is 11.3 Å². The monoisotopic (exact) mass is 472 g/mol. The molecule has 1 atom stereocenters. The number of thiophene rings is 1. The molecule has 0 bridgehead atoms. The molecule has 148 valence electrons. The van der Waals surface area contributed by atoms with Crippen molar-refractivity contribution in [3.05, 3.63) is 55.6 Å². The molecule has 1 aliphatic heterocycles. The average molecular weight is 473 g/mol. The number of carboxylic acid groups (broad SMARTS) is 1. The zero-order valence-corrected chi connectivity index (χ0v) is 17.7. The van der Waals surface area contributed by atoms with Gasteiger partial charge in [-0.05, 0) is 40.4 Å². The van der Waals surface area contributed by atoms with Crippen molar-refractivity contribution >= 4 is 49.4 Å². The Morgan fingerprint density at radius 3 is 2.97 bits per heavy atom. The molecule has 1 N–H and O–H groups in total. The largest absolute Gasteiger partial charge is 0.481 e. The molecule has 3 heterocycles. The van der Waals surface area contributed by atoms with Gasteiger partial charge in [0, 0.05) is 18.5 Å². The minimum Gasteiger partial charge on any atom is -0.481 e. The predicted molar refractivity (Wildman–Crippen MR) is 114 cm³/mol. The maximum Gasteiger partial charge on any atom is 0.308 e. The fourth-order valence-electron chi connectivity index (χ4n) is 3.64. The van der Waals surface area contributed by atoms with Crippen molar-refractivity contribution in [3.8, 4) is 6.07 Å². The van der Waals surface area contributed by atoms with Crippen molar-refractivity contribution in [1.82, 2.24) is 9.55 Å². The molecule has 0 spiro atoms. The Hall–Kier alpha value is -2.70. The number of halogens is 1. The summed E-state index contributed by atoms with van der Waals surface area (Å²) in [5.74, 6) is -0.890. The van der Waals surface area contributed by atoms with Crippen LogP contribution in [0, 0.1) is 17.2 Å². The van der Waals surface area contributed by atoms with Gasteiger partial charge in [0.25, 0.3) is 5.56 Å². The number of rotatable bonds is 4. The third-order valence-electron chi connectivity index (χ3n) is 5.13. The number of nitrogens with zero attached hydrogens (tertiary/aromatic N) is 4. The molecule has 4 rings (SSSR count). The first-order valence-corrected chi connectivity index (χ1v) is 10.8. The number of carboxylic acids is 1. The van der Waals surface area contributed by atoms with E-state index in [1.165, 1.54) is 11.3 Å². The molecule has 0 saturated carbocycles. The minimum atomic E-state index is -0.837. The lowest BCUT2D eigenvalue weighted by molar-refractivity contribution is -0.141.